The number of hydrogen-bond donors (Lipinski definition) is 1. The van der Waals surface area contributed by atoms with E-state index in [-0.39, 0.29) is 18.7 Å². The Morgan fingerprint density at radius 2 is 1.96 bits per heavy atom. The maximum Gasteiger partial charge on any atom is 0.264 e. The number of ketones is 1. The summed E-state index contributed by atoms with van der Waals surface area (Å²) in [6, 6.07) is 12.3. The first-order chi connectivity index (χ1) is 11.9. The van der Waals surface area contributed by atoms with Crippen molar-refractivity contribution in [2.75, 3.05) is 11.4 Å². The minimum absolute atomic E-state index is 0.272. The summed E-state index contributed by atoms with van der Waals surface area (Å²) in [5.41, 5.74) is 0.690. The maximum atomic E-state index is 12.9. The number of carbonyl (C=O) groups is 2. The van der Waals surface area contributed by atoms with E-state index in [1.165, 1.54) is 4.90 Å². The van der Waals surface area contributed by atoms with Crippen LogP contribution in [-0.4, -0.2) is 23.3 Å². The number of aryl methyl sites for hydroxylation is 1. The minimum Gasteiger partial charge on any atom is -0.375 e. The predicted molar refractivity (Wildman–Crippen MR) is 101 cm³/mol. The zero-order valence-corrected chi connectivity index (χ0v) is 15.4. The number of nitrogens with zero attached hydrogens (tertiary/aromatic N) is 1. The SMILES string of the molecule is C=CCN1C(=O)[C@@](O)(CC(=O)c2ccc(C)cc2)c2cc(Br)ccc21. The van der Waals surface area contributed by atoms with E-state index in [9.17, 15) is 14.7 Å². The summed E-state index contributed by atoms with van der Waals surface area (Å²) >= 11 is 3.37. The van der Waals surface area contributed by atoms with Crippen molar-refractivity contribution in [1.82, 2.24) is 0 Å². The zero-order chi connectivity index (χ0) is 18.2. The average Bonchev–Trinajstić information content (AvgIpc) is 2.77. The highest BCUT2D eigenvalue weighted by molar-refractivity contribution is 9.10. The number of aliphatic hydroxyl groups is 1. The Labute approximate surface area is 154 Å². The van der Waals surface area contributed by atoms with E-state index >= 15 is 0 Å². The van der Waals surface area contributed by atoms with Gasteiger partial charge >= 0.3 is 0 Å². The van der Waals surface area contributed by atoms with Gasteiger partial charge in [0.25, 0.3) is 5.91 Å². The quantitative estimate of drug-likeness (QED) is 0.615. The first kappa shape index (κ1) is 17.6. The van der Waals surface area contributed by atoms with Crippen molar-refractivity contribution in [2.45, 2.75) is 18.9 Å². The Bertz CT molecular complexity index is 860. The molecule has 0 aromatic heterocycles. The van der Waals surface area contributed by atoms with Crippen LogP contribution in [0.15, 0.2) is 59.6 Å². The fourth-order valence-corrected chi connectivity index (χ4v) is 3.44. The van der Waals surface area contributed by atoms with Crippen LogP contribution in [0.25, 0.3) is 0 Å². The van der Waals surface area contributed by atoms with Crippen LogP contribution in [0.2, 0.25) is 0 Å². The van der Waals surface area contributed by atoms with Crippen LogP contribution in [0, 0.1) is 6.92 Å². The molecule has 0 fully saturated rings. The third kappa shape index (κ3) is 3.05. The molecule has 0 spiro atoms. The standard InChI is InChI=1S/C20H18BrNO3/c1-3-10-22-17-9-8-15(21)11-16(17)20(25,19(22)24)12-18(23)14-6-4-13(2)5-7-14/h3-9,11,25H,1,10,12H2,2H3/t20-/m1/s1. The second-order valence-electron chi connectivity index (χ2n) is 6.19. The summed E-state index contributed by atoms with van der Waals surface area (Å²) in [5.74, 6) is -0.775. The molecule has 128 valence electrons. The van der Waals surface area contributed by atoms with Gasteiger partial charge in [0.05, 0.1) is 12.1 Å². The molecule has 1 heterocycles. The second kappa shape index (κ2) is 6.58. The molecule has 0 aliphatic carbocycles. The van der Waals surface area contributed by atoms with Gasteiger partial charge in [0.1, 0.15) is 0 Å². The summed E-state index contributed by atoms with van der Waals surface area (Å²) in [6.07, 6.45) is 1.29. The molecular weight excluding hydrogens is 382 g/mol. The van der Waals surface area contributed by atoms with Crippen molar-refractivity contribution in [3.8, 4) is 0 Å². The van der Waals surface area contributed by atoms with Crippen molar-refractivity contribution in [1.29, 1.82) is 0 Å². The largest absolute Gasteiger partial charge is 0.375 e. The number of carbonyl (C=O) groups excluding carboxylic acids is 2. The Morgan fingerprint density at radius 3 is 2.60 bits per heavy atom. The monoisotopic (exact) mass is 399 g/mol. The van der Waals surface area contributed by atoms with Gasteiger partial charge in [-0.15, -0.1) is 6.58 Å². The molecule has 0 radical (unpaired) electrons. The van der Waals surface area contributed by atoms with Gasteiger partial charge in [0.2, 0.25) is 0 Å². The lowest BCUT2D eigenvalue weighted by molar-refractivity contribution is -0.135. The van der Waals surface area contributed by atoms with Crippen LogP contribution in [0.3, 0.4) is 0 Å². The van der Waals surface area contributed by atoms with Gasteiger partial charge in [-0.3, -0.25) is 9.59 Å². The van der Waals surface area contributed by atoms with Crippen molar-refractivity contribution >= 4 is 33.3 Å². The molecule has 2 aromatic carbocycles. The first-order valence-electron chi connectivity index (χ1n) is 7.92. The van der Waals surface area contributed by atoms with E-state index in [0.717, 1.165) is 10.0 Å². The van der Waals surface area contributed by atoms with E-state index in [4.69, 9.17) is 0 Å². The molecule has 1 N–H and O–H groups in total. The van der Waals surface area contributed by atoms with Crippen LogP contribution in [0.5, 0.6) is 0 Å². The van der Waals surface area contributed by atoms with E-state index in [1.807, 2.05) is 19.1 Å². The summed E-state index contributed by atoms with van der Waals surface area (Å²) in [7, 11) is 0. The fraction of sp³-hybridized carbons (Fsp3) is 0.200. The molecule has 0 saturated heterocycles. The Balaban J connectivity index is 2.00. The molecule has 1 aliphatic heterocycles. The number of amides is 1. The average molecular weight is 400 g/mol. The molecule has 2 aromatic rings. The molecular formula is C20H18BrNO3. The molecule has 1 aliphatic rings. The molecule has 1 amide bonds. The molecule has 0 unspecified atom stereocenters. The number of Topliss-reactive ketones (excluding diaryl/α,β-unsaturated/α-hetero) is 1. The summed E-state index contributed by atoms with van der Waals surface area (Å²) in [6.45, 7) is 5.87. The van der Waals surface area contributed by atoms with Crippen LogP contribution < -0.4 is 4.90 Å². The molecule has 4 nitrogen and oxygen atoms in total. The third-order valence-electron chi connectivity index (χ3n) is 4.40. The Hall–Kier alpha value is -2.24. The first-order valence-corrected chi connectivity index (χ1v) is 8.71. The third-order valence-corrected chi connectivity index (χ3v) is 4.89. The predicted octanol–water partition coefficient (Wildman–Crippen LogP) is 3.75. The molecule has 1 atom stereocenters. The van der Waals surface area contributed by atoms with Crippen molar-refractivity contribution < 1.29 is 14.7 Å². The molecule has 25 heavy (non-hydrogen) atoms. The molecule has 3 rings (SSSR count). The van der Waals surface area contributed by atoms with Gasteiger partial charge < -0.3 is 10.0 Å². The Kier molecular flexibility index (Phi) is 4.62. The summed E-state index contributed by atoms with van der Waals surface area (Å²) in [4.78, 5) is 27.0. The molecule has 5 heteroatoms. The highest BCUT2D eigenvalue weighted by atomic mass is 79.9. The Morgan fingerprint density at radius 1 is 1.28 bits per heavy atom. The lowest BCUT2D eigenvalue weighted by Gasteiger charge is -2.22. The van der Waals surface area contributed by atoms with Gasteiger partial charge in [0.15, 0.2) is 11.4 Å². The van der Waals surface area contributed by atoms with Gasteiger partial charge in [-0.25, -0.2) is 0 Å². The minimum atomic E-state index is -1.87. The van der Waals surface area contributed by atoms with Gasteiger partial charge in [-0.05, 0) is 25.1 Å². The van der Waals surface area contributed by atoms with E-state index in [1.54, 1.807) is 36.4 Å². The van der Waals surface area contributed by atoms with Crippen molar-refractivity contribution in [3.63, 3.8) is 0 Å². The van der Waals surface area contributed by atoms with E-state index < -0.39 is 11.5 Å². The van der Waals surface area contributed by atoms with Crippen LogP contribution in [0.1, 0.15) is 27.9 Å². The highest BCUT2D eigenvalue weighted by Crippen LogP contribution is 2.44. The van der Waals surface area contributed by atoms with Gasteiger partial charge in [0, 0.05) is 22.1 Å². The number of rotatable bonds is 5. The number of halogens is 1. The molecule has 0 bridgehead atoms. The number of hydrogen-bond acceptors (Lipinski definition) is 3. The number of anilines is 1. The van der Waals surface area contributed by atoms with Gasteiger partial charge in [-0.2, -0.15) is 0 Å². The lowest BCUT2D eigenvalue weighted by Crippen LogP contribution is -2.41. The smallest absolute Gasteiger partial charge is 0.264 e. The molecule has 0 saturated carbocycles. The van der Waals surface area contributed by atoms with Crippen LogP contribution in [0.4, 0.5) is 5.69 Å². The second-order valence-corrected chi connectivity index (χ2v) is 7.11. The summed E-state index contributed by atoms with van der Waals surface area (Å²) < 4.78 is 0.737. The van der Waals surface area contributed by atoms with Crippen molar-refractivity contribution in [3.05, 3.63) is 76.3 Å². The maximum absolute atomic E-state index is 12.9. The van der Waals surface area contributed by atoms with E-state index in [2.05, 4.69) is 22.5 Å². The number of fused-ring (bicyclic) bond motifs is 1. The topological polar surface area (TPSA) is 57.6 Å². The van der Waals surface area contributed by atoms with Crippen LogP contribution in [-0.2, 0) is 10.4 Å². The van der Waals surface area contributed by atoms with E-state index in [0.29, 0.717) is 16.8 Å². The van der Waals surface area contributed by atoms with Crippen molar-refractivity contribution in [2.24, 2.45) is 0 Å². The van der Waals surface area contributed by atoms with Crippen LogP contribution >= 0.6 is 15.9 Å². The van der Waals surface area contributed by atoms with Gasteiger partial charge in [-0.1, -0.05) is 51.8 Å². The lowest BCUT2D eigenvalue weighted by atomic mass is 9.88. The summed E-state index contributed by atoms with van der Waals surface area (Å²) in [5, 5.41) is 11.2. The normalized spacial score (nSPS) is 19.0. The highest BCUT2D eigenvalue weighted by Gasteiger charge is 2.50. The zero-order valence-electron chi connectivity index (χ0n) is 13.8. The fourth-order valence-electron chi connectivity index (χ4n) is 3.08. The number of benzene rings is 2.